The Morgan fingerprint density at radius 3 is 1.77 bits per heavy atom. The summed E-state index contributed by atoms with van der Waals surface area (Å²) in [4.78, 5) is 2.38. The van der Waals surface area contributed by atoms with Crippen LogP contribution in [0.25, 0.3) is 70.9 Å². The van der Waals surface area contributed by atoms with Crippen molar-refractivity contribution in [3.63, 3.8) is 0 Å². The molecular weight excluding hydrogens is 689 g/mol. The van der Waals surface area contributed by atoms with Crippen molar-refractivity contribution in [1.29, 1.82) is 0 Å². The van der Waals surface area contributed by atoms with Crippen LogP contribution in [0, 0.1) is 13.8 Å². The molecule has 0 fully saturated rings. The lowest BCUT2D eigenvalue weighted by Crippen LogP contribution is -2.16. The van der Waals surface area contributed by atoms with Gasteiger partial charge in [-0.15, -0.1) is 0 Å². The SMILES string of the molecule is Cc1cc(C)cc(-n2c3cc(C(C)(C)C)ccc3c3c4ccc5cc6c(c7ccc(cc32)c4c57)C(C)(C)c2ccc(N(c3ccccc3)c3ccccc3)cc2-6)c1. The van der Waals surface area contributed by atoms with Gasteiger partial charge in [0.2, 0.25) is 0 Å². The number of benzene rings is 9. The minimum atomic E-state index is -0.173. The fourth-order valence-electron chi connectivity index (χ4n) is 10.3. The summed E-state index contributed by atoms with van der Waals surface area (Å²) in [5, 5.41) is 10.7. The molecule has 0 spiro atoms. The lowest BCUT2D eigenvalue weighted by Gasteiger charge is -2.27. The third-order valence-corrected chi connectivity index (χ3v) is 12.8. The highest BCUT2D eigenvalue weighted by molar-refractivity contribution is 6.34. The van der Waals surface area contributed by atoms with E-state index in [1.807, 2.05) is 0 Å². The lowest BCUT2D eigenvalue weighted by molar-refractivity contribution is 0.591. The number of anilines is 3. The Morgan fingerprint density at radius 1 is 0.491 bits per heavy atom. The third-order valence-electron chi connectivity index (χ3n) is 12.8. The van der Waals surface area contributed by atoms with Crippen molar-refractivity contribution in [3.05, 3.63) is 179 Å². The van der Waals surface area contributed by atoms with Crippen LogP contribution in [0.1, 0.15) is 62.4 Å². The van der Waals surface area contributed by atoms with Gasteiger partial charge in [0, 0.05) is 38.9 Å². The second-order valence-corrected chi connectivity index (χ2v) is 18.0. The highest BCUT2D eigenvalue weighted by Crippen LogP contribution is 2.55. The Hall–Kier alpha value is -6.38. The summed E-state index contributed by atoms with van der Waals surface area (Å²) in [6.07, 6.45) is 0. The average molecular weight is 735 g/mol. The van der Waals surface area contributed by atoms with Crippen molar-refractivity contribution >= 4 is 71.2 Å². The molecule has 0 N–H and O–H groups in total. The maximum atomic E-state index is 2.53. The molecule has 0 aliphatic heterocycles. The van der Waals surface area contributed by atoms with Crippen LogP contribution < -0.4 is 4.90 Å². The van der Waals surface area contributed by atoms with Gasteiger partial charge in [0.1, 0.15) is 0 Å². The molecule has 57 heavy (non-hydrogen) atoms. The van der Waals surface area contributed by atoms with E-state index in [1.165, 1.54) is 98.8 Å². The number of aromatic nitrogens is 1. The van der Waals surface area contributed by atoms with Gasteiger partial charge >= 0.3 is 0 Å². The molecule has 1 heterocycles. The van der Waals surface area contributed by atoms with Crippen LogP contribution in [0.2, 0.25) is 0 Å². The highest BCUT2D eigenvalue weighted by Gasteiger charge is 2.38. The summed E-state index contributed by atoms with van der Waals surface area (Å²) in [5.74, 6) is 0. The van der Waals surface area contributed by atoms with Gasteiger partial charge in [-0.25, -0.2) is 0 Å². The maximum Gasteiger partial charge on any atom is 0.0553 e. The zero-order valence-corrected chi connectivity index (χ0v) is 33.8. The topological polar surface area (TPSA) is 8.17 Å². The molecule has 9 aromatic carbocycles. The summed E-state index contributed by atoms with van der Waals surface area (Å²) in [6.45, 7) is 16.2. The number of aryl methyl sites for hydroxylation is 2. The van der Waals surface area contributed by atoms with Crippen LogP contribution >= 0.6 is 0 Å². The predicted octanol–water partition coefficient (Wildman–Crippen LogP) is 15.4. The lowest BCUT2D eigenvalue weighted by atomic mass is 9.78. The summed E-state index contributed by atoms with van der Waals surface area (Å²) in [5.41, 5.74) is 16.5. The first-order valence-corrected chi connectivity index (χ1v) is 20.3. The number of fused-ring (bicyclic) bond motifs is 8. The van der Waals surface area contributed by atoms with Crippen LogP contribution in [0.4, 0.5) is 17.1 Å². The molecule has 11 rings (SSSR count). The average Bonchev–Trinajstić information content (AvgIpc) is 3.64. The highest BCUT2D eigenvalue weighted by atomic mass is 15.1. The Kier molecular flexibility index (Phi) is 7.03. The van der Waals surface area contributed by atoms with Crippen molar-refractivity contribution in [2.24, 2.45) is 0 Å². The van der Waals surface area contributed by atoms with E-state index >= 15 is 0 Å². The normalized spacial score (nSPS) is 13.7. The molecule has 0 unspecified atom stereocenters. The zero-order valence-electron chi connectivity index (χ0n) is 33.8. The van der Waals surface area contributed by atoms with Crippen LogP contribution in [-0.4, -0.2) is 4.57 Å². The van der Waals surface area contributed by atoms with E-state index in [-0.39, 0.29) is 10.8 Å². The molecule has 0 saturated carbocycles. The van der Waals surface area contributed by atoms with Gasteiger partial charge in [-0.3, -0.25) is 0 Å². The van der Waals surface area contributed by atoms with Crippen LogP contribution in [-0.2, 0) is 10.8 Å². The molecule has 1 aromatic heterocycles. The predicted molar refractivity (Wildman–Crippen MR) is 245 cm³/mol. The Balaban J connectivity index is 1.18. The van der Waals surface area contributed by atoms with E-state index in [2.05, 4.69) is 210 Å². The summed E-state index contributed by atoms with van der Waals surface area (Å²) >= 11 is 0. The van der Waals surface area contributed by atoms with E-state index < -0.39 is 0 Å². The van der Waals surface area contributed by atoms with Crippen LogP contribution in [0.15, 0.2) is 152 Å². The van der Waals surface area contributed by atoms with Gasteiger partial charge in [0.05, 0.1) is 11.0 Å². The van der Waals surface area contributed by atoms with Crippen molar-refractivity contribution in [1.82, 2.24) is 4.57 Å². The van der Waals surface area contributed by atoms with Crippen molar-refractivity contribution in [2.75, 3.05) is 4.90 Å². The minimum Gasteiger partial charge on any atom is -0.310 e. The van der Waals surface area contributed by atoms with Gasteiger partial charge in [0.15, 0.2) is 0 Å². The molecule has 0 amide bonds. The fraction of sp³-hybridized carbons (Fsp3) is 0.164. The number of hydrogen-bond acceptors (Lipinski definition) is 1. The van der Waals surface area contributed by atoms with Gasteiger partial charge in [-0.1, -0.05) is 120 Å². The first-order valence-electron chi connectivity index (χ1n) is 20.3. The zero-order chi connectivity index (χ0) is 39.0. The quantitative estimate of drug-likeness (QED) is 0.163. The van der Waals surface area contributed by atoms with Crippen molar-refractivity contribution in [3.8, 4) is 16.8 Å². The number of para-hydroxylation sites is 2. The van der Waals surface area contributed by atoms with Crippen molar-refractivity contribution < 1.29 is 0 Å². The van der Waals surface area contributed by atoms with E-state index in [0.717, 1.165) is 17.1 Å². The van der Waals surface area contributed by atoms with Gasteiger partial charge in [0.25, 0.3) is 0 Å². The van der Waals surface area contributed by atoms with E-state index in [9.17, 15) is 0 Å². The van der Waals surface area contributed by atoms with Crippen LogP contribution in [0.3, 0.4) is 0 Å². The Morgan fingerprint density at radius 2 is 1.11 bits per heavy atom. The van der Waals surface area contributed by atoms with Gasteiger partial charge < -0.3 is 9.47 Å². The monoisotopic (exact) mass is 734 g/mol. The summed E-state index contributed by atoms with van der Waals surface area (Å²) < 4.78 is 2.53. The molecule has 1 aliphatic rings. The molecule has 0 radical (unpaired) electrons. The molecule has 2 heteroatoms. The Labute approximate surface area is 335 Å². The first-order chi connectivity index (χ1) is 27.5. The third kappa shape index (κ3) is 4.89. The fourth-order valence-corrected chi connectivity index (χ4v) is 10.3. The standard InChI is InChI=1S/C55H46N2/c1-33-26-34(2)28-41(27-33)57-48-31-37(54(3,4)5)20-24-42(48)52-43-22-18-35-29-46-45-32-40(56(38-14-10-8-11-15-38)39-16-12-9-13-17-39)21-25-47(45)55(6,7)53(46)44-23-19-36(30-49(52)57)50(43)51(35)44/h8-32H,1-7H3. The maximum absolute atomic E-state index is 2.53. The van der Waals surface area contributed by atoms with E-state index in [0.29, 0.717) is 0 Å². The Bertz CT molecular complexity index is 3190. The largest absolute Gasteiger partial charge is 0.310 e. The molecule has 276 valence electrons. The second-order valence-electron chi connectivity index (χ2n) is 18.0. The number of nitrogens with zero attached hydrogens (tertiary/aromatic N) is 2. The second kappa shape index (κ2) is 11.8. The van der Waals surface area contributed by atoms with Gasteiger partial charge in [-0.05, 0) is 157 Å². The molecule has 0 saturated heterocycles. The minimum absolute atomic E-state index is 0.0366. The molecule has 10 aromatic rings. The van der Waals surface area contributed by atoms with E-state index in [1.54, 1.807) is 0 Å². The first kappa shape index (κ1) is 33.9. The molecule has 0 atom stereocenters. The van der Waals surface area contributed by atoms with Gasteiger partial charge in [-0.2, -0.15) is 0 Å². The van der Waals surface area contributed by atoms with Crippen LogP contribution in [0.5, 0.6) is 0 Å². The number of hydrogen-bond donors (Lipinski definition) is 0. The van der Waals surface area contributed by atoms with Crippen molar-refractivity contribution in [2.45, 2.75) is 59.3 Å². The number of rotatable bonds is 4. The molecule has 0 bridgehead atoms. The molecule has 1 aliphatic carbocycles. The smallest absolute Gasteiger partial charge is 0.0553 e. The molecular formula is C55H46N2. The van der Waals surface area contributed by atoms with E-state index in [4.69, 9.17) is 0 Å². The molecule has 2 nitrogen and oxygen atoms in total. The summed E-state index contributed by atoms with van der Waals surface area (Å²) in [7, 11) is 0. The summed E-state index contributed by atoms with van der Waals surface area (Å²) in [6, 6.07) is 57.3.